The molecule has 2 fully saturated rings. The molecule has 5 rings (SSSR count). The molecule has 3 aliphatic carbocycles. The van der Waals surface area contributed by atoms with Gasteiger partial charge >= 0.3 is 0 Å². The third-order valence-electron chi connectivity index (χ3n) is 9.94. The average molecular weight is 569 g/mol. The molecule has 2 N–H and O–H groups in total. The van der Waals surface area contributed by atoms with Gasteiger partial charge in [0.15, 0.2) is 28.7 Å². The Morgan fingerprint density at radius 1 is 1.05 bits per heavy atom. The van der Waals surface area contributed by atoms with Crippen LogP contribution in [0, 0.1) is 46.3 Å². The normalized spacial score (nSPS) is 32.0. The van der Waals surface area contributed by atoms with Crippen molar-refractivity contribution < 1.29 is 34.2 Å². The SMILES string of the molecule is CCc1cccc(C#Cc2ccc(O)c3c2C[C@]2(C)C[C@]4(C)C(C(C)C)C(=O)C(C(C)=O)C(=O)[C@]4(O)C(=O)C2C3=O)c1. The topological polar surface area (TPSA) is 126 Å². The highest BCUT2D eigenvalue weighted by molar-refractivity contribution is 6.32. The maximum absolute atomic E-state index is 14.3. The molecule has 7 heteroatoms. The van der Waals surface area contributed by atoms with Gasteiger partial charge in [0.25, 0.3) is 0 Å². The number of aryl methyl sites for hydroxylation is 1. The van der Waals surface area contributed by atoms with Crippen molar-refractivity contribution in [1.29, 1.82) is 0 Å². The molecule has 42 heavy (non-hydrogen) atoms. The van der Waals surface area contributed by atoms with Gasteiger partial charge in [0.05, 0.1) is 11.5 Å². The third-order valence-corrected chi connectivity index (χ3v) is 9.94. The van der Waals surface area contributed by atoms with Crippen molar-refractivity contribution in [3.05, 3.63) is 64.2 Å². The van der Waals surface area contributed by atoms with Crippen molar-refractivity contribution in [3.8, 4) is 17.6 Å². The van der Waals surface area contributed by atoms with E-state index in [1.807, 2.05) is 24.3 Å². The van der Waals surface area contributed by atoms with Gasteiger partial charge in [-0.1, -0.05) is 58.6 Å². The van der Waals surface area contributed by atoms with Crippen LogP contribution in [0.15, 0.2) is 36.4 Å². The van der Waals surface area contributed by atoms with Crippen LogP contribution in [0.5, 0.6) is 5.75 Å². The minimum absolute atomic E-state index is 0.00408. The van der Waals surface area contributed by atoms with E-state index in [-0.39, 0.29) is 24.2 Å². The molecule has 0 saturated heterocycles. The van der Waals surface area contributed by atoms with E-state index < -0.39 is 69.0 Å². The molecule has 2 saturated carbocycles. The van der Waals surface area contributed by atoms with Crippen LogP contribution >= 0.6 is 0 Å². The van der Waals surface area contributed by atoms with E-state index in [4.69, 9.17) is 0 Å². The number of hydrogen-bond donors (Lipinski definition) is 2. The first-order valence-corrected chi connectivity index (χ1v) is 14.5. The Hall–Kier alpha value is -3.89. The van der Waals surface area contributed by atoms with E-state index in [9.17, 15) is 34.2 Å². The predicted octanol–water partition coefficient (Wildman–Crippen LogP) is 4.06. The van der Waals surface area contributed by atoms with Crippen molar-refractivity contribution in [2.45, 2.75) is 66.4 Å². The van der Waals surface area contributed by atoms with Crippen LogP contribution in [0.2, 0.25) is 0 Å². The zero-order valence-corrected chi connectivity index (χ0v) is 24.8. The minimum Gasteiger partial charge on any atom is -0.507 e. The zero-order chi connectivity index (χ0) is 30.9. The number of fused-ring (bicyclic) bond motifs is 3. The van der Waals surface area contributed by atoms with Gasteiger partial charge in [0, 0.05) is 22.5 Å². The Balaban J connectivity index is 1.68. The van der Waals surface area contributed by atoms with Gasteiger partial charge in [-0.3, -0.25) is 24.0 Å². The summed E-state index contributed by atoms with van der Waals surface area (Å²) in [4.78, 5) is 68.4. The second-order valence-electron chi connectivity index (χ2n) is 13.1. The molecule has 0 bridgehead atoms. The van der Waals surface area contributed by atoms with Crippen molar-refractivity contribution >= 4 is 28.9 Å². The van der Waals surface area contributed by atoms with Crippen molar-refractivity contribution in [2.24, 2.45) is 34.5 Å². The van der Waals surface area contributed by atoms with Gasteiger partial charge in [-0.15, -0.1) is 0 Å². The van der Waals surface area contributed by atoms with Gasteiger partial charge in [-0.25, -0.2) is 0 Å². The smallest absolute Gasteiger partial charge is 0.190 e. The summed E-state index contributed by atoms with van der Waals surface area (Å²) in [6, 6.07) is 10.8. The van der Waals surface area contributed by atoms with Crippen LogP contribution in [-0.4, -0.2) is 44.7 Å². The average Bonchev–Trinajstić information content (AvgIpc) is 2.90. The Labute approximate surface area is 245 Å². The second-order valence-corrected chi connectivity index (χ2v) is 13.1. The Kier molecular flexibility index (Phi) is 6.94. The highest BCUT2D eigenvalue weighted by Crippen LogP contribution is 2.63. The summed E-state index contributed by atoms with van der Waals surface area (Å²) in [5, 5.41) is 22.9. The van der Waals surface area contributed by atoms with Crippen LogP contribution in [0.25, 0.3) is 0 Å². The van der Waals surface area contributed by atoms with E-state index >= 15 is 0 Å². The number of carbonyl (C=O) groups is 5. The van der Waals surface area contributed by atoms with E-state index in [1.165, 1.54) is 6.07 Å². The highest BCUT2D eigenvalue weighted by atomic mass is 16.3. The summed E-state index contributed by atoms with van der Waals surface area (Å²) in [5.41, 5.74) is -2.44. The van der Waals surface area contributed by atoms with Crippen LogP contribution in [0.4, 0.5) is 0 Å². The molecule has 218 valence electrons. The van der Waals surface area contributed by atoms with Gasteiger partial charge in [-0.2, -0.15) is 0 Å². The molecule has 0 aliphatic heterocycles. The van der Waals surface area contributed by atoms with E-state index in [0.29, 0.717) is 11.1 Å². The fraction of sp³-hybridized carbons (Fsp3) is 0.457. The Bertz CT molecular complexity index is 1640. The number of ketones is 5. The van der Waals surface area contributed by atoms with Crippen molar-refractivity contribution in [2.75, 3.05) is 0 Å². The predicted molar refractivity (Wildman–Crippen MR) is 155 cm³/mol. The van der Waals surface area contributed by atoms with Gasteiger partial charge < -0.3 is 10.2 Å². The fourth-order valence-corrected chi connectivity index (χ4v) is 8.26. The maximum Gasteiger partial charge on any atom is 0.190 e. The molecule has 3 unspecified atom stereocenters. The summed E-state index contributed by atoms with van der Waals surface area (Å²) in [7, 11) is 0. The lowest BCUT2D eigenvalue weighted by atomic mass is 9.40. The summed E-state index contributed by atoms with van der Waals surface area (Å²) >= 11 is 0. The summed E-state index contributed by atoms with van der Waals surface area (Å²) in [5.74, 6) is -2.77. The molecular weight excluding hydrogens is 532 g/mol. The fourth-order valence-electron chi connectivity index (χ4n) is 8.26. The number of rotatable bonds is 3. The summed E-state index contributed by atoms with van der Waals surface area (Å²) < 4.78 is 0. The molecule has 0 radical (unpaired) electrons. The second kappa shape index (κ2) is 9.84. The van der Waals surface area contributed by atoms with Crippen LogP contribution in [0.3, 0.4) is 0 Å². The van der Waals surface area contributed by atoms with Crippen LogP contribution in [-0.2, 0) is 32.0 Å². The van der Waals surface area contributed by atoms with Crippen LogP contribution in [0.1, 0.15) is 80.6 Å². The van der Waals surface area contributed by atoms with Gasteiger partial charge in [0.1, 0.15) is 17.5 Å². The minimum atomic E-state index is -2.71. The molecule has 7 nitrogen and oxygen atoms in total. The van der Waals surface area contributed by atoms with Crippen LogP contribution < -0.4 is 0 Å². The molecule has 0 heterocycles. The van der Waals surface area contributed by atoms with Crippen molar-refractivity contribution in [3.63, 3.8) is 0 Å². The highest BCUT2D eigenvalue weighted by Gasteiger charge is 2.76. The number of aliphatic hydroxyl groups is 1. The quantitative estimate of drug-likeness (QED) is 0.423. The summed E-state index contributed by atoms with van der Waals surface area (Å²) in [6.07, 6.45) is 1.02. The number of carbonyl (C=O) groups excluding carboxylic acids is 5. The molecule has 2 aromatic rings. The van der Waals surface area contributed by atoms with Crippen molar-refractivity contribution in [1.82, 2.24) is 0 Å². The molecular formula is C35H36O7. The lowest BCUT2D eigenvalue weighted by molar-refractivity contribution is -0.205. The van der Waals surface area contributed by atoms with E-state index in [2.05, 4.69) is 18.8 Å². The molecule has 6 atom stereocenters. The largest absolute Gasteiger partial charge is 0.507 e. The maximum atomic E-state index is 14.3. The van der Waals surface area contributed by atoms with E-state index in [1.54, 1.807) is 33.8 Å². The monoisotopic (exact) mass is 568 g/mol. The Morgan fingerprint density at radius 3 is 2.36 bits per heavy atom. The number of phenols is 1. The molecule has 0 amide bonds. The van der Waals surface area contributed by atoms with E-state index in [0.717, 1.165) is 24.5 Å². The zero-order valence-electron chi connectivity index (χ0n) is 24.8. The molecule has 0 spiro atoms. The van der Waals surface area contributed by atoms with Gasteiger partial charge in [0.2, 0.25) is 0 Å². The lowest BCUT2D eigenvalue weighted by Crippen LogP contribution is -2.76. The number of phenolic OH excluding ortho intramolecular Hbond substituents is 1. The standard InChI is InChI=1S/C35H36O7/c1-7-20-9-8-10-21(15-20)11-12-22-13-14-24(37)26-23(22)16-33(5)17-34(6)27(18(2)3)29(38)25(19(4)36)31(40)35(34,42)32(41)28(33)30(26)39/h8-10,13-15,18,25,27-28,37,42H,7,16-17H2,1-6H3/t25?,27?,28?,33-,34-,35+/m1/s1. The number of hydrogen-bond acceptors (Lipinski definition) is 7. The molecule has 3 aliphatic rings. The number of Topliss-reactive ketones (excluding diaryl/α,β-unsaturated/α-hetero) is 5. The lowest BCUT2D eigenvalue weighted by Gasteiger charge is -2.61. The number of aromatic hydroxyl groups is 1. The first kappa shape index (κ1) is 29.6. The Morgan fingerprint density at radius 2 is 1.74 bits per heavy atom. The number of benzene rings is 2. The molecule has 2 aromatic carbocycles. The summed E-state index contributed by atoms with van der Waals surface area (Å²) in [6.45, 7) is 10.0. The first-order valence-electron chi connectivity index (χ1n) is 14.5. The van der Waals surface area contributed by atoms with Gasteiger partial charge in [-0.05, 0) is 72.9 Å². The molecule has 0 aromatic heterocycles. The third kappa shape index (κ3) is 3.95. The first-order chi connectivity index (χ1) is 19.6.